The van der Waals surface area contributed by atoms with Crippen LogP contribution in [0.5, 0.6) is 17.2 Å². The van der Waals surface area contributed by atoms with E-state index in [0.717, 1.165) is 4.57 Å². The standard InChI is InChI=1S/C18H21N3O6/c1-20-16-13(17(23)21(2)18(20)24)10(8-12(22)19-16)9-6-7-11(25-3)15(27-5)14(9)26-4/h6-7,10H,8H2,1-5H3,(H,19,22). The first-order valence-electron chi connectivity index (χ1n) is 8.24. The van der Waals surface area contributed by atoms with E-state index in [9.17, 15) is 14.4 Å². The van der Waals surface area contributed by atoms with Crippen molar-refractivity contribution in [1.82, 2.24) is 9.13 Å². The van der Waals surface area contributed by atoms with Crippen molar-refractivity contribution in [2.45, 2.75) is 12.3 Å². The molecule has 3 rings (SSSR count). The van der Waals surface area contributed by atoms with Crippen molar-refractivity contribution < 1.29 is 19.0 Å². The minimum atomic E-state index is -0.603. The van der Waals surface area contributed by atoms with Crippen molar-refractivity contribution >= 4 is 11.7 Å². The second-order valence-electron chi connectivity index (χ2n) is 6.20. The summed E-state index contributed by atoms with van der Waals surface area (Å²) in [5.41, 5.74) is -0.0550. The number of nitrogens with zero attached hydrogens (tertiary/aromatic N) is 2. The van der Waals surface area contributed by atoms with E-state index < -0.39 is 17.2 Å². The third-order valence-corrected chi connectivity index (χ3v) is 4.81. The molecule has 0 aliphatic carbocycles. The number of amides is 1. The zero-order chi connectivity index (χ0) is 19.9. The Bertz CT molecular complexity index is 1040. The number of fused-ring (bicyclic) bond motifs is 1. The van der Waals surface area contributed by atoms with E-state index in [0.29, 0.717) is 28.4 Å². The summed E-state index contributed by atoms with van der Waals surface area (Å²) >= 11 is 0. The molecular weight excluding hydrogens is 354 g/mol. The Morgan fingerprint density at radius 2 is 1.63 bits per heavy atom. The van der Waals surface area contributed by atoms with Crippen molar-refractivity contribution in [3.05, 3.63) is 44.1 Å². The molecule has 1 unspecified atom stereocenters. The molecule has 2 heterocycles. The van der Waals surface area contributed by atoms with Gasteiger partial charge in [0.2, 0.25) is 11.7 Å². The molecule has 2 aromatic rings. The molecule has 9 nitrogen and oxygen atoms in total. The van der Waals surface area contributed by atoms with E-state index in [1.807, 2.05) is 0 Å². The van der Waals surface area contributed by atoms with Crippen LogP contribution in [0.15, 0.2) is 21.7 Å². The lowest BCUT2D eigenvalue weighted by Crippen LogP contribution is -2.44. The van der Waals surface area contributed by atoms with Crippen LogP contribution < -0.4 is 30.8 Å². The molecule has 27 heavy (non-hydrogen) atoms. The summed E-state index contributed by atoms with van der Waals surface area (Å²) in [5, 5.41) is 2.64. The number of hydrogen-bond donors (Lipinski definition) is 1. The van der Waals surface area contributed by atoms with Gasteiger partial charge in [0.25, 0.3) is 5.56 Å². The molecule has 0 fully saturated rings. The van der Waals surface area contributed by atoms with E-state index in [1.54, 1.807) is 12.1 Å². The second kappa shape index (κ2) is 6.82. The van der Waals surface area contributed by atoms with Crippen LogP contribution >= 0.6 is 0 Å². The minimum Gasteiger partial charge on any atom is -0.493 e. The Hall–Kier alpha value is -3.23. The van der Waals surface area contributed by atoms with Crippen molar-refractivity contribution in [3.63, 3.8) is 0 Å². The number of ether oxygens (including phenoxy) is 3. The van der Waals surface area contributed by atoms with Gasteiger partial charge in [0.15, 0.2) is 11.5 Å². The maximum absolute atomic E-state index is 12.9. The third kappa shape index (κ3) is 2.75. The highest BCUT2D eigenvalue weighted by Gasteiger charge is 2.35. The molecule has 1 aliphatic rings. The molecule has 144 valence electrons. The van der Waals surface area contributed by atoms with E-state index in [-0.39, 0.29) is 18.1 Å². The number of methoxy groups -OCH3 is 3. The summed E-state index contributed by atoms with van der Waals surface area (Å²) in [4.78, 5) is 37.4. The van der Waals surface area contributed by atoms with Gasteiger partial charge in [0, 0.05) is 32.0 Å². The van der Waals surface area contributed by atoms with Gasteiger partial charge < -0.3 is 19.5 Å². The van der Waals surface area contributed by atoms with Gasteiger partial charge in [-0.25, -0.2) is 4.79 Å². The Labute approximate surface area is 155 Å². The molecule has 0 saturated carbocycles. The molecular formula is C18H21N3O6. The van der Waals surface area contributed by atoms with E-state index in [2.05, 4.69) is 5.32 Å². The van der Waals surface area contributed by atoms with Crippen LogP contribution in [-0.2, 0) is 18.9 Å². The van der Waals surface area contributed by atoms with Gasteiger partial charge in [-0.3, -0.25) is 18.7 Å². The Morgan fingerprint density at radius 3 is 2.22 bits per heavy atom. The van der Waals surface area contributed by atoms with Gasteiger partial charge in [0.1, 0.15) is 5.82 Å². The molecule has 1 aromatic heterocycles. The highest BCUT2D eigenvalue weighted by atomic mass is 16.5. The van der Waals surface area contributed by atoms with Gasteiger partial charge in [-0.15, -0.1) is 0 Å². The minimum absolute atomic E-state index is 0.0340. The average Bonchev–Trinajstić information content (AvgIpc) is 2.68. The Balaban J connectivity index is 2.35. The third-order valence-electron chi connectivity index (χ3n) is 4.81. The number of rotatable bonds is 4. The molecule has 1 aliphatic heterocycles. The highest BCUT2D eigenvalue weighted by Crippen LogP contribution is 2.46. The SMILES string of the molecule is COc1ccc(C2CC(=O)Nc3c2c(=O)n(C)c(=O)n3C)c(OC)c1OC. The van der Waals surface area contributed by atoms with Crippen LogP contribution in [0.2, 0.25) is 0 Å². The Kier molecular flexibility index (Phi) is 4.69. The number of benzene rings is 1. The predicted octanol–water partition coefficient (Wildman–Crippen LogP) is 0.584. The average molecular weight is 375 g/mol. The van der Waals surface area contributed by atoms with Crippen molar-refractivity contribution in [1.29, 1.82) is 0 Å². The number of aromatic nitrogens is 2. The maximum Gasteiger partial charge on any atom is 0.332 e. The molecule has 0 saturated heterocycles. The lowest BCUT2D eigenvalue weighted by molar-refractivity contribution is -0.116. The fourth-order valence-corrected chi connectivity index (χ4v) is 3.47. The zero-order valence-corrected chi connectivity index (χ0v) is 15.8. The van der Waals surface area contributed by atoms with E-state index in [1.165, 1.54) is 40.0 Å². The quantitative estimate of drug-likeness (QED) is 0.839. The number of carbonyl (C=O) groups excluding carboxylic acids is 1. The number of anilines is 1. The molecule has 1 aromatic carbocycles. The summed E-state index contributed by atoms with van der Waals surface area (Å²) in [6.45, 7) is 0. The Morgan fingerprint density at radius 1 is 0.963 bits per heavy atom. The van der Waals surface area contributed by atoms with Gasteiger partial charge in [-0.05, 0) is 6.07 Å². The number of hydrogen-bond acceptors (Lipinski definition) is 6. The van der Waals surface area contributed by atoms with Gasteiger partial charge >= 0.3 is 5.69 Å². The topological polar surface area (TPSA) is 101 Å². The molecule has 1 N–H and O–H groups in total. The van der Waals surface area contributed by atoms with Crippen LogP contribution in [0.3, 0.4) is 0 Å². The largest absolute Gasteiger partial charge is 0.493 e. The number of carbonyl (C=O) groups is 1. The smallest absolute Gasteiger partial charge is 0.332 e. The lowest BCUT2D eigenvalue weighted by atomic mass is 9.85. The monoisotopic (exact) mass is 375 g/mol. The van der Waals surface area contributed by atoms with Gasteiger partial charge in [-0.1, -0.05) is 6.07 Å². The van der Waals surface area contributed by atoms with Crippen molar-refractivity contribution in [2.75, 3.05) is 26.6 Å². The fourth-order valence-electron chi connectivity index (χ4n) is 3.47. The van der Waals surface area contributed by atoms with Gasteiger partial charge in [0.05, 0.1) is 26.9 Å². The highest BCUT2D eigenvalue weighted by molar-refractivity contribution is 5.94. The maximum atomic E-state index is 12.9. The molecule has 1 amide bonds. The molecule has 1 atom stereocenters. The van der Waals surface area contributed by atoms with Crippen LogP contribution in [0.1, 0.15) is 23.5 Å². The molecule has 0 spiro atoms. The molecule has 0 radical (unpaired) electrons. The summed E-state index contributed by atoms with van der Waals surface area (Å²) < 4.78 is 18.5. The second-order valence-corrected chi connectivity index (χ2v) is 6.20. The van der Waals surface area contributed by atoms with Crippen molar-refractivity contribution in [2.24, 2.45) is 14.1 Å². The first-order valence-corrected chi connectivity index (χ1v) is 8.24. The summed E-state index contributed by atoms with van der Waals surface area (Å²) in [6.07, 6.45) is 0.0340. The van der Waals surface area contributed by atoms with Crippen LogP contribution in [-0.4, -0.2) is 36.4 Å². The van der Waals surface area contributed by atoms with E-state index >= 15 is 0 Å². The summed E-state index contributed by atoms with van der Waals surface area (Å²) in [6, 6.07) is 3.42. The number of nitrogens with one attached hydrogen (secondary N) is 1. The van der Waals surface area contributed by atoms with Crippen LogP contribution in [0.4, 0.5) is 5.82 Å². The normalized spacial score (nSPS) is 15.7. The molecule has 9 heteroatoms. The van der Waals surface area contributed by atoms with Gasteiger partial charge in [-0.2, -0.15) is 0 Å². The zero-order valence-electron chi connectivity index (χ0n) is 15.8. The van der Waals surface area contributed by atoms with Crippen LogP contribution in [0.25, 0.3) is 0 Å². The lowest BCUT2D eigenvalue weighted by Gasteiger charge is -2.28. The summed E-state index contributed by atoms with van der Waals surface area (Å²) in [7, 11) is 7.38. The van der Waals surface area contributed by atoms with Crippen LogP contribution in [0, 0.1) is 0 Å². The molecule has 0 bridgehead atoms. The predicted molar refractivity (Wildman–Crippen MR) is 98.1 cm³/mol. The summed E-state index contributed by atoms with van der Waals surface area (Å²) in [5.74, 6) is 0.500. The van der Waals surface area contributed by atoms with E-state index in [4.69, 9.17) is 14.2 Å². The fraction of sp³-hybridized carbons (Fsp3) is 0.389. The van der Waals surface area contributed by atoms with Crippen molar-refractivity contribution in [3.8, 4) is 17.2 Å². The first kappa shape index (κ1) is 18.6. The first-order chi connectivity index (χ1) is 12.8.